The molecule has 7 nitrogen and oxygen atoms in total. The van der Waals surface area contributed by atoms with Crippen LogP contribution in [-0.4, -0.2) is 21.1 Å². The van der Waals surface area contributed by atoms with E-state index in [1.54, 1.807) is 36.4 Å². The summed E-state index contributed by atoms with van der Waals surface area (Å²) in [6.07, 6.45) is 0. The molecule has 0 aromatic heterocycles. The van der Waals surface area contributed by atoms with E-state index in [9.17, 15) is 13.2 Å². The second kappa shape index (κ2) is 7.65. The van der Waals surface area contributed by atoms with Gasteiger partial charge in [0, 0.05) is 11.8 Å². The van der Waals surface area contributed by atoms with Gasteiger partial charge in [0.1, 0.15) is 0 Å². The lowest BCUT2D eigenvalue weighted by Gasteiger charge is -2.11. The number of fused-ring (bicyclic) bond motifs is 1. The minimum absolute atomic E-state index is 0.0454. The summed E-state index contributed by atoms with van der Waals surface area (Å²) in [6.45, 7) is 0.0859. The van der Waals surface area contributed by atoms with Crippen LogP contribution in [0.3, 0.4) is 0 Å². The average Bonchev–Trinajstić information content (AvgIpc) is 3.16. The molecule has 3 aromatic carbocycles. The maximum absolute atomic E-state index is 12.8. The van der Waals surface area contributed by atoms with Gasteiger partial charge in [-0.05, 0) is 42.5 Å². The number of rotatable bonds is 5. The fourth-order valence-corrected chi connectivity index (χ4v) is 4.02. The third-order valence-electron chi connectivity index (χ3n) is 4.15. The number of anilines is 2. The van der Waals surface area contributed by atoms with Gasteiger partial charge in [-0.2, -0.15) is 0 Å². The Morgan fingerprint density at radius 3 is 2.45 bits per heavy atom. The van der Waals surface area contributed by atoms with E-state index >= 15 is 0 Å². The van der Waals surface area contributed by atoms with Crippen LogP contribution < -0.4 is 19.5 Å². The molecule has 0 aliphatic carbocycles. The fraction of sp³-hybridized carbons (Fsp3) is 0.0500. The third-order valence-corrected chi connectivity index (χ3v) is 5.86. The summed E-state index contributed by atoms with van der Waals surface area (Å²) in [5.74, 6) is 0.477. The summed E-state index contributed by atoms with van der Waals surface area (Å²) in [7, 11) is -3.96. The van der Waals surface area contributed by atoms with Crippen molar-refractivity contribution in [1.82, 2.24) is 0 Å². The van der Waals surface area contributed by atoms with Crippen LogP contribution in [0.4, 0.5) is 11.4 Å². The molecule has 0 saturated carbocycles. The van der Waals surface area contributed by atoms with Gasteiger partial charge in [0.25, 0.3) is 15.9 Å². The predicted molar refractivity (Wildman–Crippen MR) is 109 cm³/mol. The quantitative estimate of drug-likeness (QED) is 0.635. The Balaban J connectivity index is 1.59. The van der Waals surface area contributed by atoms with E-state index in [1.807, 2.05) is 6.07 Å². The number of hydrogen-bond donors (Lipinski definition) is 2. The zero-order valence-electron chi connectivity index (χ0n) is 14.9. The van der Waals surface area contributed by atoms with E-state index < -0.39 is 15.9 Å². The standard InChI is InChI=1S/C20H15ClN2O5S/c21-17-8-7-15(11-16(17)20(24)22-13-4-2-1-3-5-13)29(25,26)23-14-6-9-18-19(10-14)28-12-27-18/h1-11,23H,12H2,(H,22,24). The van der Waals surface area contributed by atoms with Gasteiger partial charge in [-0.1, -0.05) is 29.8 Å². The van der Waals surface area contributed by atoms with Crippen molar-refractivity contribution in [1.29, 1.82) is 0 Å². The number of nitrogens with one attached hydrogen (secondary N) is 2. The molecule has 2 N–H and O–H groups in total. The van der Waals surface area contributed by atoms with Gasteiger partial charge >= 0.3 is 0 Å². The minimum Gasteiger partial charge on any atom is -0.454 e. The van der Waals surface area contributed by atoms with Gasteiger partial charge in [-0.3, -0.25) is 9.52 Å². The van der Waals surface area contributed by atoms with E-state index in [1.165, 1.54) is 24.3 Å². The fourth-order valence-electron chi connectivity index (χ4n) is 2.74. The van der Waals surface area contributed by atoms with Gasteiger partial charge in [-0.25, -0.2) is 8.42 Å². The topological polar surface area (TPSA) is 93.7 Å². The zero-order valence-corrected chi connectivity index (χ0v) is 16.5. The molecule has 0 spiro atoms. The largest absolute Gasteiger partial charge is 0.454 e. The summed E-state index contributed by atoms with van der Waals surface area (Å²) in [5.41, 5.74) is 0.920. The Kier molecular flexibility index (Phi) is 5.04. The van der Waals surface area contributed by atoms with E-state index in [2.05, 4.69) is 10.0 Å². The lowest BCUT2D eigenvalue weighted by Crippen LogP contribution is -2.16. The highest BCUT2D eigenvalue weighted by atomic mass is 35.5. The molecular formula is C20H15ClN2O5S. The Labute approximate surface area is 172 Å². The van der Waals surface area contributed by atoms with Crippen LogP contribution in [-0.2, 0) is 10.0 Å². The highest BCUT2D eigenvalue weighted by Crippen LogP contribution is 2.35. The van der Waals surface area contributed by atoms with Crippen molar-refractivity contribution in [3.63, 3.8) is 0 Å². The first-order chi connectivity index (χ1) is 13.9. The number of hydrogen-bond acceptors (Lipinski definition) is 5. The number of sulfonamides is 1. The molecule has 1 aliphatic heterocycles. The van der Waals surface area contributed by atoms with E-state index in [-0.39, 0.29) is 22.3 Å². The van der Waals surface area contributed by atoms with Crippen LogP contribution in [0.5, 0.6) is 11.5 Å². The Bertz CT molecular complexity index is 1180. The number of amides is 1. The number of para-hydroxylation sites is 1. The predicted octanol–water partition coefficient (Wildman–Crippen LogP) is 4.12. The van der Waals surface area contributed by atoms with E-state index in [0.717, 1.165) is 0 Å². The maximum atomic E-state index is 12.8. The highest BCUT2D eigenvalue weighted by molar-refractivity contribution is 7.92. The SMILES string of the molecule is O=C(Nc1ccccc1)c1cc(S(=O)(=O)Nc2ccc3c(c2)OCO3)ccc1Cl. The number of benzene rings is 3. The molecule has 3 aromatic rings. The first-order valence-electron chi connectivity index (χ1n) is 8.51. The molecule has 29 heavy (non-hydrogen) atoms. The molecule has 0 radical (unpaired) electrons. The highest BCUT2D eigenvalue weighted by Gasteiger charge is 2.21. The van der Waals surface area contributed by atoms with Gasteiger partial charge in [0.15, 0.2) is 11.5 Å². The van der Waals surface area contributed by atoms with E-state index in [4.69, 9.17) is 21.1 Å². The summed E-state index contributed by atoms with van der Waals surface area (Å²) in [6, 6.07) is 17.4. The van der Waals surface area contributed by atoms with Gasteiger partial charge < -0.3 is 14.8 Å². The number of carbonyl (C=O) groups is 1. The van der Waals surface area contributed by atoms with Crippen LogP contribution in [0.15, 0.2) is 71.6 Å². The Morgan fingerprint density at radius 2 is 1.66 bits per heavy atom. The Hall–Kier alpha value is -3.23. The molecule has 0 bridgehead atoms. The molecule has 9 heteroatoms. The van der Waals surface area contributed by atoms with Crippen molar-refractivity contribution < 1.29 is 22.7 Å². The van der Waals surface area contributed by atoms with Crippen molar-refractivity contribution in [2.75, 3.05) is 16.8 Å². The monoisotopic (exact) mass is 430 g/mol. The third kappa shape index (κ3) is 4.13. The minimum atomic E-state index is -3.96. The summed E-state index contributed by atoms with van der Waals surface area (Å²) < 4.78 is 38.5. The molecule has 0 saturated heterocycles. The van der Waals surface area contributed by atoms with Crippen LogP contribution in [0.2, 0.25) is 5.02 Å². The second-order valence-corrected chi connectivity index (χ2v) is 8.22. The average molecular weight is 431 g/mol. The lowest BCUT2D eigenvalue weighted by molar-refractivity contribution is 0.102. The molecule has 0 fully saturated rings. The number of carbonyl (C=O) groups excluding carboxylic acids is 1. The smallest absolute Gasteiger partial charge is 0.261 e. The summed E-state index contributed by atoms with van der Waals surface area (Å²) >= 11 is 6.13. The van der Waals surface area contributed by atoms with E-state index in [0.29, 0.717) is 22.9 Å². The first kappa shape index (κ1) is 19.1. The van der Waals surface area contributed by atoms with Crippen molar-refractivity contribution in [3.8, 4) is 11.5 Å². The zero-order chi connectivity index (χ0) is 20.4. The molecule has 1 amide bonds. The molecule has 0 unspecified atom stereocenters. The van der Waals surface area contributed by atoms with Crippen molar-refractivity contribution in [2.24, 2.45) is 0 Å². The summed E-state index contributed by atoms with van der Waals surface area (Å²) in [4.78, 5) is 12.5. The van der Waals surface area contributed by atoms with Gasteiger partial charge in [0.2, 0.25) is 6.79 Å². The maximum Gasteiger partial charge on any atom is 0.261 e. The van der Waals surface area contributed by atoms with Crippen LogP contribution in [0.25, 0.3) is 0 Å². The van der Waals surface area contributed by atoms with Crippen molar-refractivity contribution in [2.45, 2.75) is 4.90 Å². The molecule has 1 aliphatic rings. The molecule has 4 rings (SSSR count). The molecule has 0 atom stereocenters. The first-order valence-corrected chi connectivity index (χ1v) is 10.4. The number of halogens is 1. The van der Waals surface area contributed by atoms with Crippen molar-refractivity contribution >= 4 is 38.9 Å². The van der Waals surface area contributed by atoms with Crippen LogP contribution in [0.1, 0.15) is 10.4 Å². The number of ether oxygens (including phenoxy) is 2. The Morgan fingerprint density at radius 1 is 0.897 bits per heavy atom. The molecular weight excluding hydrogens is 416 g/mol. The van der Waals surface area contributed by atoms with Crippen LogP contribution in [0, 0.1) is 0 Å². The second-order valence-electron chi connectivity index (χ2n) is 6.14. The van der Waals surface area contributed by atoms with Crippen molar-refractivity contribution in [3.05, 3.63) is 77.3 Å². The molecule has 148 valence electrons. The molecule has 1 heterocycles. The lowest BCUT2D eigenvalue weighted by atomic mass is 10.2. The van der Waals surface area contributed by atoms with Gasteiger partial charge in [0.05, 0.1) is 21.2 Å². The normalized spacial score (nSPS) is 12.4. The van der Waals surface area contributed by atoms with Crippen LogP contribution >= 0.6 is 11.6 Å². The summed E-state index contributed by atoms with van der Waals surface area (Å²) in [5, 5.41) is 2.83. The van der Waals surface area contributed by atoms with Gasteiger partial charge in [-0.15, -0.1) is 0 Å².